The molecule has 0 saturated carbocycles. The van der Waals surface area contributed by atoms with Crippen molar-refractivity contribution in [1.29, 1.82) is 0 Å². The number of benzene rings is 1. The standard InChI is InChI=1S/C20H21BrN2O/c1-12-4-2-3-5-15(12)20(24)22-14-7-9-19-17(11-14)16-10-13(21)6-8-18(16)23-19/h3-6,8,10,14-15,23H,2,7,9,11H2,1H3,(H,22,24)/t14-,15-/m1/s1. The van der Waals surface area contributed by atoms with Gasteiger partial charge in [0.05, 0.1) is 5.92 Å². The number of carbonyl (C=O) groups excluding carboxylic acids is 1. The molecule has 4 heteroatoms. The molecule has 3 nitrogen and oxygen atoms in total. The van der Waals surface area contributed by atoms with Crippen LogP contribution in [0.5, 0.6) is 0 Å². The number of allylic oxidation sites excluding steroid dienone is 2. The largest absolute Gasteiger partial charge is 0.358 e. The smallest absolute Gasteiger partial charge is 0.231 e. The number of amides is 1. The van der Waals surface area contributed by atoms with E-state index in [9.17, 15) is 4.79 Å². The highest BCUT2D eigenvalue weighted by molar-refractivity contribution is 9.10. The van der Waals surface area contributed by atoms with Gasteiger partial charge in [-0.3, -0.25) is 4.79 Å². The zero-order chi connectivity index (χ0) is 16.7. The molecule has 1 aromatic carbocycles. The number of hydrogen-bond donors (Lipinski definition) is 2. The van der Waals surface area contributed by atoms with Crippen molar-refractivity contribution in [1.82, 2.24) is 10.3 Å². The molecular weight excluding hydrogens is 364 g/mol. The zero-order valence-corrected chi connectivity index (χ0v) is 15.3. The molecule has 0 bridgehead atoms. The van der Waals surface area contributed by atoms with E-state index in [0.29, 0.717) is 0 Å². The highest BCUT2D eigenvalue weighted by Gasteiger charge is 2.26. The van der Waals surface area contributed by atoms with Crippen LogP contribution in [0.15, 0.2) is 46.5 Å². The van der Waals surface area contributed by atoms with E-state index in [1.807, 2.05) is 13.0 Å². The first-order valence-electron chi connectivity index (χ1n) is 8.54. The van der Waals surface area contributed by atoms with Gasteiger partial charge in [0.25, 0.3) is 0 Å². The van der Waals surface area contributed by atoms with Crippen molar-refractivity contribution in [2.24, 2.45) is 5.92 Å². The fourth-order valence-corrected chi connectivity index (χ4v) is 4.21. The van der Waals surface area contributed by atoms with Crippen molar-refractivity contribution in [3.63, 3.8) is 0 Å². The topological polar surface area (TPSA) is 44.9 Å². The van der Waals surface area contributed by atoms with Crippen LogP contribution >= 0.6 is 15.9 Å². The second-order valence-corrected chi connectivity index (χ2v) is 7.73. The number of fused-ring (bicyclic) bond motifs is 3. The van der Waals surface area contributed by atoms with Gasteiger partial charge < -0.3 is 10.3 Å². The third-order valence-corrected chi connectivity index (χ3v) is 5.67. The number of H-pyrrole nitrogens is 1. The van der Waals surface area contributed by atoms with Crippen LogP contribution in [0.25, 0.3) is 10.9 Å². The van der Waals surface area contributed by atoms with E-state index >= 15 is 0 Å². The normalized spacial score (nSPS) is 23.0. The number of aryl methyl sites for hydroxylation is 1. The molecule has 0 fully saturated rings. The van der Waals surface area contributed by atoms with Crippen LogP contribution in [0.3, 0.4) is 0 Å². The van der Waals surface area contributed by atoms with Crippen LogP contribution in [0, 0.1) is 5.92 Å². The number of hydrogen-bond acceptors (Lipinski definition) is 1. The molecule has 1 aromatic heterocycles. The average molecular weight is 385 g/mol. The zero-order valence-electron chi connectivity index (χ0n) is 13.7. The lowest BCUT2D eigenvalue weighted by atomic mass is 9.89. The quantitative estimate of drug-likeness (QED) is 0.739. The Kier molecular flexibility index (Phi) is 4.09. The van der Waals surface area contributed by atoms with Crippen molar-refractivity contribution >= 4 is 32.7 Å². The lowest BCUT2D eigenvalue weighted by Crippen LogP contribution is -2.42. The van der Waals surface area contributed by atoms with E-state index in [4.69, 9.17) is 0 Å². The van der Waals surface area contributed by atoms with Gasteiger partial charge in [-0.15, -0.1) is 0 Å². The molecule has 4 rings (SSSR count). The fourth-order valence-electron chi connectivity index (χ4n) is 3.84. The number of nitrogens with one attached hydrogen (secondary N) is 2. The van der Waals surface area contributed by atoms with Crippen LogP contribution in [-0.2, 0) is 17.6 Å². The summed E-state index contributed by atoms with van der Waals surface area (Å²) in [6.45, 7) is 2.05. The summed E-state index contributed by atoms with van der Waals surface area (Å²) < 4.78 is 1.09. The summed E-state index contributed by atoms with van der Waals surface area (Å²) in [4.78, 5) is 16.2. The molecule has 124 valence electrons. The maximum atomic E-state index is 12.6. The van der Waals surface area contributed by atoms with Crippen LogP contribution in [-0.4, -0.2) is 16.9 Å². The molecule has 2 aliphatic carbocycles. The molecule has 0 saturated heterocycles. The fraction of sp³-hybridized carbons (Fsp3) is 0.350. The predicted octanol–water partition coefficient (Wildman–Crippen LogP) is 4.43. The van der Waals surface area contributed by atoms with Crippen molar-refractivity contribution in [2.75, 3.05) is 0 Å². The number of aromatic nitrogens is 1. The van der Waals surface area contributed by atoms with E-state index < -0.39 is 0 Å². The summed E-state index contributed by atoms with van der Waals surface area (Å²) in [5.41, 5.74) is 5.02. The molecule has 1 amide bonds. The lowest BCUT2D eigenvalue weighted by molar-refractivity contribution is -0.123. The Morgan fingerprint density at radius 1 is 1.38 bits per heavy atom. The van der Waals surface area contributed by atoms with Gasteiger partial charge in [0.15, 0.2) is 0 Å². The Hall–Kier alpha value is -1.81. The number of aromatic amines is 1. The van der Waals surface area contributed by atoms with E-state index in [1.54, 1.807) is 0 Å². The summed E-state index contributed by atoms with van der Waals surface area (Å²) in [6, 6.07) is 6.57. The second kappa shape index (κ2) is 6.25. The second-order valence-electron chi connectivity index (χ2n) is 6.81. The first-order valence-corrected chi connectivity index (χ1v) is 9.34. The Bertz CT molecular complexity index is 862. The van der Waals surface area contributed by atoms with E-state index in [1.165, 1.54) is 22.2 Å². The first kappa shape index (κ1) is 15.7. The highest BCUT2D eigenvalue weighted by Crippen LogP contribution is 2.31. The molecule has 2 aliphatic rings. The van der Waals surface area contributed by atoms with Gasteiger partial charge in [-0.1, -0.05) is 39.7 Å². The van der Waals surface area contributed by atoms with E-state index in [-0.39, 0.29) is 17.9 Å². The average Bonchev–Trinajstić information content (AvgIpc) is 2.92. The van der Waals surface area contributed by atoms with E-state index in [0.717, 1.165) is 35.7 Å². The van der Waals surface area contributed by atoms with Crippen LogP contribution in [0.1, 0.15) is 31.0 Å². The van der Waals surface area contributed by atoms with Crippen LogP contribution < -0.4 is 5.32 Å². The molecule has 2 atom stereocenters. The Labute approximate surface area is 150 Å². The maximum Gasteiger partial charge on any atom is 0.231 e. The first-order chi connectivity index (χ1) is 11.6. The van der Waals surface area contributed by atoms with Crippen molar-refractivity contribution < 1.29 is 4.79 Å². The molecule has 0 unspecified atom stereocenters. The van der Waals surface area contributed by atoms with Gasteiger partial charge in [0.1, 0.15) is 0 Å². The van der Waals surface area contributed by atoms with Crippen LogP contribution in [0.2, 0.25) is 0 Å². The minimum Gasteiger partial charge on any atom is -0.358 e. The molecule has 24 heavy (non-hydrogen) atoms. The lowest BCUT2D eigenvalue weighted by Gasteiger charge is -2.26. The van der Waals surface area contributed by atoms with Crippen molar-refractivity contribution in [3.8, 4) is 0 Å². The van der Waals surface area contributed by atoms with Gasteiger partial charge in [-0.25, -0.2) is 0 Å². The van der Waals surface area contributed by atoms with Gasteiger partial charge >= 0.3 is 0 Å². The third kappa shape index (κ3) is 2.84. The van der Waals surface area contributed by atoms with Gasteiger partial charge in [0.2, 0.25) is 5.91 Å². The minimum atomic E-state index is -0.0998. The Morgan fingerprint density at radius 2 is 2.25 bits per heavy atom. The minimum absolute atomic E-state index is 0.0998. The van der Waals surface area contributed by atoms with E-state index in [2.05, 4.69) is 56.6 Å². The monoisotopic (exact) mass is 384 g/mol. The summed E-state index contributed by atoms with van der Waals surface area (Å²) in [5, 5.41) is 4.54. The summed E-state index contributed by atoms with van der Waals surface area (Å²) in [5.74, 6) is 0.0337. The predicted molar refractivity (Wildman–Crippen MR) is 101 cm³/mol. The Morgan fingerprint density at radius 3 is 3.08 bits per heavy atom. The van der Waals surface area contributed by atoms with Gasteiger partial charge in [-0.05, 0) is 56.4 Å². The number of rotatable bonds is 2. The van der Waals surface area contributed by atoms with Gasteiger partial charge in [0, 0.05) is 27.1 Å². The third-order valence-electron chi connectivity index (χ3n) is 5.17. The molecule has 0 spiro atoms. The number of halogens is 1. The molecular formula is C20H21BrN2O. The van der Waals surface area contributed by atoms with Crippen LogP contribution in [0.4, 0.5) is 0 Å². The van der Waals surface area contributed by atoms with Crippen molar-refractivity contribution in [3.05, 3.63) is 57.7 Å². The molecule has 0 aliphatic heterocycles. The molecule has 0 radical (unpaired) electrons. The molecule has 1 heterocycles. The summed E-state index contributed by atoms with van der Waals surface area (Å²) >= 11 is 3.56. The Balaban J connectivity index is 1.54. The van der Waals surface area contributed by atoms with Gasteiger partial charge in [-0.2, -0.15) is 0 Å². The molecule has 2 N–H and O–H groups in total. The summed E-state index contributed by atoms with van der Waals surface area (Å²) in [7, 11) is 0. The summed E-state index contributed by atoms with van der Waals surface area (Å²) in [6.07, 6.45) is 10.1. The number of carbonyl (C=O) groups is 1. The maximum absolute atomic E-state index is 12.6. The molecule has 2 aromatic rings. The highest BCUT2D eigenvalue weighted by atomic mass is 79.9. The SMILES string of the molecule is CC1=CCC=C[C@H]1C(=O)N[C@@H]1CCc2[nH]c3ccc(Br)cc3c2C1. The van der Waals surface area contributed by atoms with Crippen molar-refractivity contribution in [2.45, 2.75) is 38.6 Å².